The van der Waals surface area contributed by atoms with E-state index in [9.17, 15) is 0 Å². The second kappa shape index (κ2) is 6.65. The fraction of sp³-hybridized carbons (Fsp3) is 0.385. The molecule has 0 aromatic heterocycles. The Morgan fingerprint density at radius 2 is 1.80 bits per heavy atom. The molecule has 1 aromatic carbocycles. The average Bonchev–Trinajstić information content (AvgIpc) is 2.19. The minimum absolute atomic E-state index is 0. The molecule has 0 aliphatic heterocycles. The number of hydrogen-bond acceptors (Lipinski definition) is 0. The molecule has 15 heavy (non-hydrogen) atoms. The van der Waals surface area contributed by atoms with Crippen LogP contribution in [0.25, 0.3) is 0 Å². The Bertz CT molecular complexity index is 280. The van der Waals surface area contributed by atoms with Gasteiger partial charge in [-0.1, -0.05) is 30.3 Å². The van der Waals surface area contributed by atoms with Crippen molar-refractivity contribution >= 4 is 0 Å². The van der Waals surface area contributed by atoms with Crippen molar-refractivity contribution in [3.8, 4) is 0 Å². The molecule has 0 atom stereocenters. The lowest BCUT2D eigenvalue weighted by Gasteiger charge is -2.24. The minimum Gasteiger partial charge on any atom is -1.00 e. The van der Waals surface area contributed by atoms with E-state index >= 15 is 0 Å². The van der Waals surface area contributed by atoms with E-state index in [-0.39, 0.29) is 12.4 Å². The van der Waals surface area contributed by atoms with Crippen molar-refractivity contribution in [3.05, 3.63) is 48.7 Å². The number of halogens is 1. The number of nitrogens with zero attached hydrogens (tertiary/aromatic N) is 1. The lowest BCUT2D eigenvalue weighted by Crippen LogP contribution is -3.00. The van der Waals surface area contributed by atoms with Crippen LogP contribution < -0.4 is 12.4 Å². The van der Waals surface area contributed by atoms with Gasteiger partial charge < -0.3 is 16.9 Å². The fourth-order valence-electron chi connectivity index (χ4n) is 1.43. The van der Waals surface area contributed by atoms with Crippen molar-refractivity contribution in [1.82, 2.24) is 0 Å². The summed E-state index contributed by atoms with van der Waals surface area (Å²) in [7, 11) is 4.36. The van der Waals surface area contributed by atoms with Crippen molar-refractivity contribution in [2.24, 2.45) is 0 Å². The van der Waals surface area contributed by atoms with E-state index in [1.807, 2.05) is 6.20 Å². The maximum Gasteiger partial charge on any atom is 0.0881 e. The molecule has 0 spiro atoms. The molecule has 0 saturated carbocycles. The summed E-state index contributed by atoms with van der Waals surface area (Å²) in [5, 5.41) is 0. The number of quaternary nitrogens is 1. The highest BCUT2D eigenvalue weighted by Crippen LogP contribution is 2.06. The van der Waals surface area contributed by atoms with Gasteiger partial charge in [-0.3, -0.25) is 0 Å². The van der Waals surface area contributed by atoms with E-state index in [0.29, 0.717) is 0 Å². The quantitative estimate of drug-likeness (QED) is 0.612. The van der Waals surface area contributed by atoms with Gasteiger partial charge in [-0.2, -0.15) is 0 Å². The average molecular weight is 226 g/mol. The second-order valence-electron chi connectivity index (χ2n) is 4.27. The van der Waals surface area contributed by atoms with Gasteiger partial charge in [0.05, 0.1) is 26.8 Å². The largest absolute Gasteiger partial charge is 1.00 e. The van der Waals surface area contributed by atoms with E-state index in [1.165, 1.54) is 12.0 Å². The lowest BCUT2D eigenvalue weighted by atomic mass is 10.1. The molecule has 2 heteroatoms. The van der Waals surface area contributed by atoms with Crippen molar-refractivity contribution in [2.75, 3.05) is 20.6 Å². The summed E-state index contributed by atoms with van der Waals surface area (Å²) in [5.74, 6) is 0. The van der Waals surface area contributed by atoms with Gasteiger partial charge in [-0.15, -0.1) is 0 Å². The Labute approximate surface area is 99.4 Å². The number of aryl methyl sites for hydroxylation is 1. The number of benzene rings is 1. The smallest absolute Gasteiger partial charge is 0.0881 e. The Balaban J connectivity index is 0.00000196. The van der Waals surface area contributed by atoms with Crippen LogP contribution in [0.1, 0.15) is 12.0 Å². The van der Waals surface area contributed by atoms with Crippen LogP contribution in [0.3, 0.4) is 0 Å². The van der Waals surface area contributed by atoms with Gasteiger partial charge in [0.2, 0.25) is 0 Å². The van der Waals surface area contributed by atoms with Gasteiger partial charge in [0.1, 0.15) is 0 Å². The van der Waals surface area contributed by atoms with Crippen molar-refractivity contribution < 1.29 is 16.9 Å². The first kappa shape index (κ1) is 14.2. The van der Waals surface area contributed by atoms with E-state index in [1.54, 1.807) is 0 Å². The highest BCUT2D eigenvalue weighted by atomic mass is 35.5. The summed E-state index contributed by atoms with van der Waals surface area (Å²) in [6.45, 7) is 4.98. The summed E-state index contributed by atoms with van der Waals surface area (Å²) >= 11 is 0. The van der Waals surface area contributed by atoms with Crippen molar-refractivity contribution in [1.29, 1.82) is 0 Å². The SMILES string of the molecule is C=C[N+](C)(C)CCCc1ccccc1.[Cl-]. The molecule has 0 aliphatic rings. The first-order chi connectivity index (χ1) is 6.64. The van der Waals surface area contributed by atoms with Gasteiger partial charge in [0.25, 0.3) is 0 Å². The predicted octanol–water partition coefficient (Wildman–Crippen LogP) is -0.157. The van der Waals surface area contributed by atoms with Gasteiger partial charge in [0.15, 0.2) is 0 Å². The minimum atomic E-state index is 0. The van der Waals surface area contributed by atoms with Gasteiger partial charge in [-0.25, -0.2) is 0 Å². The summed E-state index contributed by atoms with van der Waals surface area (Å²) in [6.07, 6.45) is 4.37. The fourth-order valence-corrected chi connectivity index (χ4v) is 1.43. The molecule has 0 radical (unpaired) electrons. The summed E-state index contributed by atoms with van der Waals surface area (Å²) in [5.41, 5.74) is 1.43. The normalized spacial score (nSPS) is 10.5. The number of rotatable bonds is 5. The monoisotopic (exact) mass is 225 g/mol. The van der Waals surface area contributed by atoms with E-state index in [4.69, 9.17) is 0 Å². The molecule has 0 unspecified atom stereocenters. The molecule has 0 heterocycles. The van der Waals surface area contributed by atoms with Crippen LogP contribution in [0, 0.1) is 0 Å². The maximum atomic E-state index is 3.83. The zero-order valence-corrected chi connectivity index (χ0v) is 10.4. The lowest BCUT2D eigenvalue weighted by molar-refractivity contribution is -0.838. The Morgan fingerprint density at radius 1 is 1.20 bits per heavy atom. The molecule has 1 nitrogen and oxygen atoms in total. The molecule has 0 saturated heterocycles. The third kappa shape index (κ3) is 5.60. The van der Waals surface area contributed by atoms with Crippen LogP contribution >= 0.6 is 0 Å². The predicted molar refractivity (Wildman–Crippen MR) is 61.9 cm³/mol. The first-order valence-electron chi connectivity index (χ1n) is 5.14. The van der Waals surface area contributed by atoms with Crippen molar-refractivity contribution in [2.45, 2.75) is 12.8 Å². The van der Waals surface area contributed by atoms with Gasteiger partial charge in [0, 0.05) is 6.42 Å². The third-order valence-electron chi connectivity index (χ3n) is 2.54. The zero-order valence-electron chi connectivity index (χ0n) is 9.62. The van der Waals surface area contributed by atoms with Gasteiger partial charge in [-0.05, 0) is 18.6 Å². The molecule has 1 rings (SSSR count). The summed E-state index contributed by atoms with van der Waals surface area (Å²) in [4.78, 5) is 0. The van der Waals surface area contributed by atoms with Crippen molar-refractivity contribution in [3.63, 3.8) is 0 Å². The highest BCUT2D eigenvalue weighted by molar-refractivity contribution is 5.14. The molecule has 0 amide bonds. The molecule has 0 fully saturated rings. The molecule has 0 bridgehead atoms. The topological polar surface area (TPSA) is 0 Å². The van der Waals surface area contributed by atoms with Crippen LogP contribution in [0.4, 0.5) is 0 Å². The first-order valence-corrected chi connectivity index (χ1v) is 5.14. The summed E-state index contributed by atoms with van der Waals surface area (Å²) in [6, 6.07) is 10.6. The molecule has 1 aromatic rings. The second-order valence-corrected chi connectivity index (χ2v) is 4.27. The number of hydrogen-bond donors (Lipinski definition) is 0. The van der Waals surface area contributed by atoms with Crippen LogP contribution in [0.15, 0.2) is 43.1 Å². The van der Waals surface area contributed by atoms with Crippen LogP contribution in [-0.2, 0) is 6.42 Å². The standard InChI is InChI=1S/C13H20N.ClH/c1-4-14(2,3)12-8-11-13-9-6-5-7-10-13;/h4-7,9-10H,1,8,11-12H2,2-3H3;1H/q+1;/p-1. The molecule has 84 valence electrons. The highest BCUT2D eigenvalue weighted by Gasteiger charge is 2.08. The summed E-state index contributed by atoms with van der Waals surface area (Å²) < 4.78 is 0.896. The molecular formula is C13H20ClN. The van der Waals surface area contributed by atoms with Crippen LogP contribution in [0.2, 0.25) is 0 Å². The van der Waals surface area contributed by atoms with Gasteiger partial charge >= 0.3 is 0 Å². The van der Waals surface area contributed by atoms with Crippen LogP contribution in [-0.4, -0.2) is 25.1 Å². The van der Waals surface area contributed by atoms with Crippen LogP contribution in [0.5, 0.6) is 0 Å². The zero-order chi connectivity index (χ0) is 10.4. The Kier molecular flexibility index (Phi) is 6.30. The third-order valence-corrected chi connectivity index (χ3v) is 2.54. The molecule has 0 aliphatic carbocycles. The van der Waals surface area contributed by atoms with E-state index in [0.717, 1.165) is 17.4 Å². The van der Waals surface area contributed by atoms with E-state index in [2.05, 4.69) is 51.0 Å². The Morgan fingerprint density at radius 3 is 2.33 bits per heavy atom. The Hall–Kier alpha value is -0.790. The molecular weight excluding hydrogens is 206 g/mol. The maximum absolute atomic E-state index is 3.83. The molecule has 0 N–H and O–H groups in total. The van der Waals surface area contributed by atoms with E-state index < -0.39 is 0 Å².